The molecule has 1 aromatic rings. The molecule has 0 aliphatic carbocycles. The first-order valence-electron chi connectivity index (χ1n) is 4.59. The zero-order chi connectivity index (χ0) is 12.2. The van der Waals surface area contributed by atoms with Crippen LogP contribution < -0.4 is 10.5 Å². The zero-order valence-electron chi connectivity index (χ0n) is 8.50. The predicted octanol–water partition coefficient (Wildman–Crippen LogP) is -1.10. The third kappa shape index (κ3) is 3.17. The number of sulfonamides is 1. The second kappa shape index (κ2) is 5.26. The van der Waals surface area contributed by atoms with Crippen LogP contribution in [-0.2, 0) is 10.0 Å². The number of aliphatic hydroxyl groups excluding tert-OH is 2. The largest absolute Gasteiger partial charge is 0.399 e. The fourth-order valence-corrected chi connectivity index (χ4v) is 2.37. The molecule has 0 bridgehead atoms. The summed E-state index contributed by atoms with van der Waals surface area (Å²) in [4.78, 5) is -0.000556. The molecular formula is C9H14N2O4S. The Morgan fingerprint density at radius 3 is 2.44 bits per heavy atom. The molecule has 0 atom stereocenters. The second-order valence-electron chi connectivity index (χ2n) is 3.26. The van der Waals surface area contributed by atoms with Crippen LogP contribution in [0.5, 0.6) is 0 Å². The summed E-state index contributed by atoms with van der Waals surface area (Å²) in [6.45, 7) is -0.948. The highest BCUT2D eigenvalue weighted by Crippen LogP contribution is 2.12. The van der Waals surface area contributed by atoms with Gasteiger partial charge in [0.25, 0.3) is 0 Å². The molecule has 1 aromatic carbocycles. The molecule has 90 valence electrons. The summed E-state index contributed by atoms with van der Waals surface area (Å²) in [5.74, 6) is 0. The molecule has 0 fully saturated rings. The molecule has 6 nitrogen and oxygen atoms in total. The van der Waals surface area contributed by atoms with Crippen LogP contribution in [0.1, 0.15) is 0 Å². The van der Waals surface area contributed by atoms with Crippen molar-refractivity contribution in [1.82, 2.24) is 4.72 Å². The molecule has 0 saturated heterocycles. The smallest absolute Gasteiger partial charge is 0.241 e. The minimum atomic E-state index is -3.76. The van der Waals surface area contributed by atoms with Crippen molar-refractivity contribution >= 4 is 15.7 Å². The number of rotatable bonds is 5. The molecule has 0 spiro atoms. The summed E-state index contributed by atoms with van der Waals surface area (Å²) in [5.41, 5.74) is 5.79. The highest BCUT2D eigenvalue weighted by molar-refractivity contribution is 7.89. The Kier molecular flexibility index (Phi) is 4.25. The van der Waals surface area contributed by atoms with Crippen LogP contribution in [-0.4, -0.2) is 37.9 Å². The summed E-state index contributed by atoms with van der Waals surface area (Å²) < 4.78 is 25.6. The third-order valence-electron chi connectivity index (χ3n) is 1.93. The van der Waals surface area contributed by atoms with Gasteiger partial charge in [-0.15, -0.1) is 0 Å². The van der Waals surface area contributed by atoms with E-state index >= 15 is 0 Å². The Balaban J connectivity index is 2.94. The van der Waals surface area contributed by atoms with Crippen LogP contribution in [0, 0.1) is 0 Å². The van der Waals surface area contributed by atoms with Crippen LogP contribution in [0.2, 0.25) is 0 Å². The van der Waals surface area contributed by atoms with Gasteiger partial charge in [-0.25, -0.2) is 13.1 Å². The standard InChI is InChI=1S/C9H14N2O4S/c10-7-2-1-3-9(4-7)16(14,15)11-8(5-12)6-13/h1-4,8,11-13H,5-6,10H2. The first kappa shape index (κ1) is 12.9. The third-order valence-corrected chi connectivity index (χ3v) is 3.45. The van der Waals surface area contributed by atoms with Gasteiger partial charge in [-0.2, -0.15) is 0 Å². The van der Waals surface area contributed by atoms with Gasteiger partial charge in [0.05, 0.1) is 24.2 Å². The number of hydrogen-bond acceptors (Lipinski definition) is 5. The molecule has 0 heterocycles. The van der Waals surface area contributed by atoms with Crippen LogP contribution in [0.25, 0.3) is 0 Å². The van der Waals surface area contributed by atoms with E-state index in [1.807, 2.05) is 0 Å². The lowest BCUT2D eigenvalue weighted by Gasteiger charge is -2.13. The molecule has 0 aromatic heterocycles. The van der Waals surface area contributed by atoms with Crippen LogP contribution in [0.15, 0.2) is 29.2 Å². The van der Waals surface area contributed by atoms with Gasteiger partial charge in [-0.1, -0.05) is 6.07 Å². The van der Waals surface area contributed by atoms with E-state index < -0.39 is 29.3 Å². The molecule has 0 unspecified atom stereocenters. The summed E-state index contributed by atoms with van der Waals surface area (Å²) in [6.07, 6.45) is 0. The average molecular weight is 246 g/mol. The monoisotopic (exact) mass is 246 g/mol. The molecule has 1 rings (SSSR count). The Labute approximate surface area is 93.8 Å². The van der Waals surface area contributed by atoms with E-state index in [4.69, 9.17) is 15.9 Å². The Bertz CT molecular complexity index is 443. The minimum absolute atomic E-state index is 0.000556. The van der Waals surface area contributed by atoms with Gasteiger partial charge in [0, 0.05) is 5.69 Å². The van der Waals surface area contributed by atoms with Gasteiger partial charge in [0.2, 0.25) is 10.0 Å². The lowest BCUT2D eigenvalue weighted by atomic mass is 10.3. The van der Waals surface area contributed by atoms with E-state index in [2.05, 4.69) is 4.72 Å². The fourth-order valence-electron chi connectivity index (χ4n) is 1.10. The summed E-state index contributed by atoms with van der Waals surface area (Å²) >= 11 is 0. The second-order valence-corrected chi connectivity index (χ2v) is 4.97. The molecule has 0 amide bonds. The Morgan fingerprint density at radius 2 is 1.94 bits per heavy atom. The maximum Gasteiger partial charge on any atom is 0.241 e. The van der Waals surface area contributed by atoms with Gasteiger partial charge in [0.1, 0.15) is 0 Å². The Hall–Kier alpha value is -1.15. The molecular weight excluding hydrogens is 232 g/mol. The van der Waals surface area contributed by atoms with Crippen molar-refractivity contribution in [1.29, 1.82) is 0 Å². The van der Waals surface area contributed by atoms with Crippen LogP contribution >= 0.6 is 0 Å². The quantitative estimate of drug-likeness (QED) is 0.493. The van der Waals surface area contributed by atoms with E-state index in [0.717, 1.165) is 0 Å². The average Bonchev–Trinajstić information content (AvgIpc) is 2.26. The SMILES string of the molecule is Nc1cccc(S(=O)(=O)NC(CO)CO)c1. The van der Waals surface area contributed by atoms with Crippen molar-refractivity contribution in [2.24, 2.45) is 0 Å². The van der Waals surface area contributed by atoms with Gasteiger partial charge in [0.15, 0.2) is 0 Å². The van der Waals surface area contributed by atoms with Crippen molar-refractivity contribution in [3.8, 4) is 0 Å². The fraction of sp³-hybridized carbons (Fsp3) is 0.333. The molecule has 7 heteroatoms. The van der Waals surface area contributed by atoms with Gasteiger partial charge >= 0.3 is 0 Å². The zero-order valence-corrected chi connectivity index (χ0v) is 9.31. The maximum absolute atomic E-state index is 11.7. The first-order chi connectivity index (χ1) is 7.49. The molecule has 0 radical (unpaired) electrons. The van der Waals surface area contributed by atoms with E-state index in [9.17, 15) is 8.42 Å². The van der Waals surface area contributed by atoms with Crippen LogP contribution in [0.3, 0.4) is 0 Å². The number of hydrogen-bond donors (Lipinski definition) is 4. The molecule has 0 aliphatic rings. The molecule has 0 saturated carbocycles. The Morgan fingerprint density at radius 1 is 1.31 bits per heavy atom. The number of nitrogen functional groups attached to an aromatic ring is 1. The van der Waals surface area contributed by atoms with Crippen molar-refractivity contribution in [2.75, 3.05) is 18.9 Å². The minimum Gasteiger partial charge on any atom is -0.399 e. The van der Waals surface area contributed by atoms with Gasteiger partial charge in [-0.05, 0) is 18.2 Å². The highest BCUT2D eigenvalue weighted by atomic mass is 32.2. The lowest BCUT2D eigenvalue weighted by Crippen LogP contribution is -2.39. The van der Waals surface area contributed by atoms with E-state index in [1.54, 1.807) is 6.07 Å². The van der Waals surface area contributed by atoms with Crippen molar-refractivity contribution < 1.29 is 18.6 Å². The number of nitrogens with two attached hydrogens (primary N) is 1. The molecule has 5 N–H and O–H groups in total. The molecule has 0 aliphatic heterocycles. The summed E-state index contributed by atoms with van der Waals surface area (Å²) in [5, 5.41) is 17.6. The number of anilines is 1. The number of aliphatic hydroxyl groups is 2. The maximum atomic E-state index is 11.7. The highest BCUT2D eigenvalue weighted by Gasteiger charge is 2.18. The van der Waals surface area contributed by atoms with Crippen LogP contribution in [0.4, 0.5) is 5.69 Å². The predicted molar refractivity (Wildman–Crippen MR) is 59.1 cm³/mol. The molecule has 16 heavy (non-hydrogen) atoms. The van der Waals surface area contributed by atoms with Crippen molar-refractivity contribution in [3.05, 3.63) is 24.3 Å². The van der Waals surface area contributed by atoms with Gasteiger partial charge in [-0.3, -0.25) is 0 Å². The normalized spacial score (nSPS) is 11.9. The number of nitrogens with one attached hydrogen (secondary N) is 1. The van der Waals surface area contributed by atoms with Crippen molar-refractivity contribution in [3.63, 3.8) is 0 Å². The first-order valence-corrected chi connectivity index (χ1v) is 6.07. The summed E-state index contributed by atoms with van der Waals surface area (Å²) in [7, 11) is -3.76. The lowest BCUT2D eigenvalue weighted by molar-refractivity contribution is 0.185. The van der Waals surface area contributed by atoms with Crippen molar-refractivity contribution in [2.45, 2.75) is 10.9 Å². The van der Waals surface area contributed by atoms with Gasteiger partial charge < -0.3 is 15.9 Å². The topological polar surface area (TPSA) is 113 Å². The number of benzene rings is 1. The summed E-state index contributed by atoms with van der Waals surface area (Å²) in [6, 6.07) is 4.84. The van der Waals surface area contributed by atoms with E-state index in [1.165, 1.54) is 18.2 Å². The van der Waals surface area contributed by atoms with E-state index in [0.29, 0.717) is 5.69 Å². The van der Waals surface area contributed by atoms with E-state index in [-0.39, 0.29) is 4.90 Å².